The summed E-state index contributed by atoms with van der Waals surface area (Å²) in [5, 5.41) is 5.24. The molecular formula is C30H41N5. The second-order valence-corrected chi connectivity index (χ2v) is 10.7. The van der Waals surface area contributed by atoms with E-state index in [1.165, 1.54) is 57.9 Å². The molecule has 1 saturated carbocycles. The zero-order valence-corrected chi connectivity index (χ0v) is 22.2. The quantitative estimate of drug-likeness (QED) is 0.447. The van der Waals surface area contributed by atoms with Crippen LogP contribution in [0.1, 0.15) is 53.3 Å². The number of nitrogens with zero attached hydrogens (tertiary/aromatic N) is 5. The Balaban J connectivity index is 1.54. The lowest BCUT2D eigenvalue weighted by molar-refractivity contribution is 0.244. The molecule has 0 amide bonds. The third-order valence-corrected chi connectivity index (χ3v) is 7.72. The highest BCUT2D eigenvalue weighted by molar-refractivity contribution is 5.56. The summed E-state index contributed by atoms with van der Waals surface area (Å²) in [4.78, 5) is 7.74. The van der Waals surface area contributed by atoms with E-state index < -0.39 is 0 Å². The molecule has 3 aromatic rings. The van der Waals surface area contributed by atoms with Crippen LogP contribution in [0.15, 0.2) is 42.5 Å². The predicted molar refractivity (Wildman–Crippen MR) is 146 cm³/mol. The van der Waals surface area contributed by atoms with Gasteiger partial charge in [-0.2, -0.15) is 5.10 Å². The van der Waals surface area contributed by atoms with E-state index in [9.17, 15) is 0 Å². The smallest absolute Gasteiger partial charge is 0.137 e. The fourth-order valence-electron chi connectivity index (χ4n) is 5.41. The summed E-state index contributed by atoms with van der Waals surface area (Å²) < 4.78 is 2.24. The van der Waals surface area contributed by atoms with Crippen LogP contribution >= 0.6 is 0 Å². The van der Waals surface area contributed by atoms with Gasteiger partial charge in [-0.25, -0.2) is 4.68 Å². The lowest BCUT2D eigenvalue weighted by Crippen LogP contribution is -2.45. The van der Waals surface area contributed by atoms with E-state index in [-0.39, 0.29) is 0 Å². The summed E-state index contributed by atoms with van der Waals surface area (Å²) in [7, 11) is 2.23. The van der Waals surface area contributed by atoms with E-state index in [2.05, 4.69) is 96.6 Å². The molecule has 2 aliphatic rings. The fraction of sp³-hybridized carbons (Fsp3) is 0.500. The van der Waals surface area contributed by atoms with Gasteiger partial charge in [0.1, 0.15) is 5.82 Å². The van der Waals surface area contributed by atoms with Crippen LogP contribution in [0.25, 0.3) is 5.69 Å². The molecule has 0 unspecified atom stereocenters. The normalized spacial score (nSPS) is 16.9. The molecule has 2 fully saturated rings. The number of benzene rings is 2. The zero-order chi connectivity index (χ0) is 24.5. The van der Waals surface area contributed by atoms with Crippen molar-refractivity contribution in [1.29, 1.82) is 0 Å². The largest absolute Gasteiger partial charge is 0.354 e. The maximum absolute atomic E-state index is 5.24. The Morgan fingerprint density at radius 3 is 2.31 bits per heavy atom. The molecular weight excluding hydrogens is 430 g/mol. The summed E-state index contributed by atoms with van der Waals surface area (Å²) >= 11 is 0. The monoisotopic (exact) mass is 471 g/mol. The van der Waals surface area contributed by atoms with Gasteiger partial charge < -0.3 is 9.80 Å². The summed E-state index contributed by atoms with van der Waals surface area (Å²) in [5.41, 5.74) is 9.31. The third kappa shape index (κ3) is 5.31. The van der Waals surface area contributed by atoms with Gasteiger partial charge in [-0.15, -0.1) is 0 Å². The highest BCUT2D eigenvalue weighted by Gasteiger charge is 2.33. The maximum Gasteiger partial charge on any atom is 0.137 e. The van der Waals surface area contributed by atoms with Gasteiger partial charge >= 0.3 is 0 Å². The van der Waals surface area contributed by atoms with Crippen LogP contribution in [0, 0.1) is 20.8 Å². The zero-order valence-electron chi connectivity index (χ0n) is 22.2. The summed E-state index contributed by atoms with van der Waals surface area (Å²) in [6.07, 6.45) is 3.57. The van der Waals surface area contributed by atoms with Crippen LogP contribution in [0.3, 0.4) is 0 Å². The molecule has 0 atom stereocenters. The van der Waals surface area contributed by atoms with Crippen LogP contribution in [0.2, 0.25) is 0 Å². The third-order valence-electron chi connectivity index (χ3n) is 7.72. The second kappa shape index (κ2) is 10.2. The molecule has 1 aliphatic heterocycles. The molecule has 1 saturated heterocycles. The van der Waals surface area contributed by atoms with Gasteiger partial charge in [0.2, 0.25) is 0 Å². The number of rotatable bonds is 8. The van der Waals surface area contributed by atoms with Crippen molar-refractivity contribution < 1.29 is 0 Å². The highest BCUT2D eigenvalue weighted by Crippen LogP contribution is 2.35. The summed E-state index contributed by atoms with van der Waals surface area (Å²) in [6.45, 7) is 15.1. The minimum atomic E-state index is 0.683. The maximum atomic E-state index is 5.24. The average molecular weight is 472 g/mol. The van der Waals surface area contributed by atoms with Crippen molar-refractivity contribution in [2.24, 2.45) is 0 Å². The van der Waals surface area contributed by atoms with E-state index >= 15 is 0 Å². The van der Waals surface area contributed by atoms with Gasteiger partial charge in [-0.05, 0) is 75.9 Å². The molecule has 35 heavy (non-hydrogen) atoms. The predicted octanol–water partition coefficient (Wildman–Crippen LogP) is 5.28. The molecule has 186 valence electrons. The SMILES string of the molecule is CCc1nn(-c2cccc(C)c2)c(N2CCN(C)CC2)c1CN(Cc1ccc(C)cc1C)C1CC1. The second-order valence-electron chi connectivity index (χ2n) is 10.7. The highest BCUT2D eigenvalue weighted by atomic mass is 15.4. The molecule has 2 heterocycles. The van der Waals surface area contributed by atoms with Crippen molar-refractivity contribution >= 4 is 5.82 Å². The average Bonchev–Trinajstić information content (AvgIpc) is 3.62. The molecule has 2 aromatic carbocycles. The van der Waals surface area contributed by atoms with Gasteiger partial charge in [0, 0.05) is 50.9 Å². The van der Waals surface area contributed by atoms with E-state index in [0.29, 0.717) is 6.04 Å². The Morgan fingerprint density at radius 1 is 0.914 bits per heavy atom. The van der Waals surface area contributed by atoms with Crippen molar-refractivity contribution in [3.05, 3.63) is 76.0 Å². The van der Waals surface area contributed by atoms with Crippen LogP contribution in [-0.4, -0.2) is 58.8 Å². The van der Waals surface area contributed by atoms with Crippen molar-refractivity contribution in [3.8, 4) is 5.69 Å². The first-order valence-corrected chi connectivity index (χ1v) is 13.3. The molecule has 5 nitrogen and oxygen atoms in total. The number of likely N-dealkylation sites (N-methyl/N-ethyl adjacent to an activating group) is 1. The Bertz CT molecular complexity index is 1170. The number of hydrogen-bond donors (Lipinski definition) is 0. The van der Waals surface area contributed by atoms with Crippen molar-refractivity contribution in [3.63, 3.8) is 0 Å². The molecule has 0 spiro atoms. The fourth-order valence-corrected chi connectivity index (χ4v) is 5.41. The minimum absolute atomic E-state index is 0.683. The van der Waals surface area contributed by atoms with Gasteiger partial charge in [-0.1, -0.05) is 42.8 Å². The first-order chi connectivity index (χ1) is 16.9. The Hall–Kier alpha value is -2.63. The Morgan fingerprint density at radius 2 is 1.66 bits per heavy atom. The lowest BCUT2D eigenvalue weighted by Gasteiger charge is -2.35. The van der Waals surface area contributed by atoms with Gasteiger partial charge in [0.15, 0.2) is 0 Å². The van der Waals surface area contributed by atoms with E-state index in [4.69, 9.17) is 5.10 Å². The van der Waals surface area contributed by atoms with Crippen molar-refractivity contribution in [2.75, 3.05) is 38.1 Å². The first kappa shape index (κ1) is 24.1. The number of hydrogen-bond acceptors (Lipinski definition) is 4. The van der Waals surface area contributed by atoms with E-state index in [1.807, 2.05) is 0 Å². The first-order valence-electron chi connectivity index (χ1n) is 13.3. The number of piperazine rings is 1. The molecule has 0 bridgehead atoms. The van der Waals surface area contributed by atoms with E-state index in [0.717, 1.165) is 45.7 Å². The van der Waals surface area contributed by atoms with Gasteiger partial charge in [0.05, 0.1) is 11.4 Å². The lowest BCUT2D eigenvalue weighted by atomic mass is 10.0. The van der Waals surface area contributed by atoms with Crippen LogP contribution in [0.5, 0.6) is 0 Å². The minimum Gasteiger partial charge on any atom is -0.354 e. The number of aromatic nitrogens is 2. The van der Waals surface area contributed by atoms with Gasteiger partial charge in [0.25, 0.3) is 0 Å². The van der Waals surface area contributed by atoms with Crippen LogP contribution in [0.4, 0.5) is 5.82 Å². The number of anilines is 1. The number of aryl methyl sites for hydroxylation is 4. The summed E-state index contributed by atoms with van der Waals surface area (Å²) in [6, 6.07) is 16.4. The van der Waals surface area contributed by atoms with Crippen molar-refractivity contribution in [2.45, 2.75) is 66.1 Å². The molecule has 0 N–H and O–H groups in total. The van der Waals surface area contributed by atoms with Crippen LogP contribution < -0.4 is 4.90 Å². The molecule has 1 aromatic heterocycles. The van der Waals surface area contributed by atoms with Crippen LogP contribution in [-0.2, 0) is 19.5 Å². The Kier molecular flexibility index (Phi) is 6.99. The molecule has 5 heteroatoms. The topological polar surface area (TPSA) is 27.5 Å². The Labute approximate surface area is 211 Å². The molecule has 1 aliphatic carbocycles. The van der Waals surface area contributed by atoms with Crippen molar-refractivity contribution in [1.82, 2.24) is 19.6 Å². The van der Waals surface area contributed by atoms with Gasteiger partial charge in [-0.3, -0.25) is 4.90 Å². The molecule has 5 rings (SSSR count). The standard InChI is InChI=1S/C30H41N5/c1-6-29-28(21-34(26-12-13-26)20-25-11-10-23(3)18-24(25)4)30(33-16-14-32(5)15-17-33)35(31-29)27-9-7-8-22(2)19-27/h7-11,18-19,26H,6,12-17,20-21H2,1-5H3. The summed E-state index contributed by atoms with van der Waals surface area (Å²) in [5.74, 6) is 1.31. The molecule has 0 radical (unpaired) electrons. The van der Waals surface area contributed by atoms with E-state index in [1.54, 1.807) is 0 Å².